The van der Waals surface area contributed by atoms with Crippen LogP contribution in [0.2, 0.25) is 0 Å². The average Bonchev–Trinajstić information content (AvgIpc) is 2.79. The standard InChI is InChI=1S/C16H11S2.5ClH.Sn/c1-10-6-7-13-11(8-10)9-15-16(18-13)12-4-2-3-5-14(12)17-15;;;;;;/h2-9H,1H3;5*1H;/q+1;;;;;;+4/p-5. The van der Waals surface area contributed by atoms with Crippen molar-refractivity contribution in [1.29, 1.82) is 0 Å². The number of hydrogen-bond donors (Lipinski definition) is 0. The predicted molar refractivity (Wildman–Crippen MR) is 119 cm³/mol. The second-order valence-corrected chi connectivity index (χ2v) is 49.8. The Hall–Kier alpha value is 0.739. The van der Waals surface area contributed by atoms with Crippen LogP contribution in [-0.2, 0) is 0 Å². The van der Waals surface area contributed by atoms with Gasteiger partial charge in [0.1, 0.15) is 0 Å². The Kier molecular flexibility index (Phi) is 5.72. The van der Waals surface area contributed by atoms with Gasteiger partial charge in [0.15, 0.2) is 0 Å². The van der Waals surface area contributed by atoms with Gasteiger partial charge in [0.2, 0.25) is 16.0 Å². The van der Waals surface area contributed by atoms with Crippen molar-refractivity contribution < 1.29 is 0 Å². The Bertz CT molecular complexity index is 1030. The number of benzene rings is 2. The molecular formula is C16H11Cl5S2Sn. The normalized spacial score (nSPS) is 13.5. The first kappa shape index (κ1) is 19.5. The van der Waals surface area contributed by atoms with E-state index in [1.165, 1.54) is 35.1 Å². The van der Waals surface area contributed by atoms with Gasteiger partial charge >= 0.3 is 56.0 Å². The summed E-state index contributed by atoms with van der Waals surface area (Å²) in [5.74, 6) is 0. The third kappa shape index (κ3) is 5.37. The van der Waals surface area contributed by atoms with E-state index in [4.69, 9.17) is 44.6 Å². The molecule has 4 rings (SSSR count). The van der Waals surface area contributed by atoms with Gasteiger partial charge in [-0.15, -0.1) is 11.3 Å². The molecule has 0 saturated carbocycles. The number of aryl methyl sites for hydroxylation is 1. The van der Waals surface area contributed by atoms with E-state index in [1.54, 1.807) is 0 Å². The van der Waals surface area contributed by atoms with Gasteiger partial charge in [-0.2, -0.15) is 0 Å². The zero-order valence-electron chi connectivity index (χ0n) is 12.3. The molecule has 0 aliphatic rings. The van der Waals surface area contributed by atoms with Crippen LogP contribution in [0.1, 0.15) is 5.56 Å². The SMILES string of the molecule is Cc1ccc2[s+]c3c(cc2c1)sc1ccccc13.[Cl][Sn-]([Cl])([Cl])([Cl])[Cl]. The van der Waals surface area contributed by atoms with Crippen molar-refractivity contribution >= 4 is 108 Å². The van der Waals surface area contributed by atoms with Crippen LogP contribution in [0.15, 0.2) is 48.5 Å². The van der Waals surface area contributed by atoms with Gasteiger partial charge in [-0.05, 0) is 31.2 Å². The van der Waals surface area contributed by atoms with Crippen LogP contribution in [0.5, 0.6) is 0 Å². The molecule has 0 bridgehead atoms. The van der Waals surface area contributed by atoms with E-state index < -0.39 is 11.4 Å². The van der Waals surface area contributed by atoms with Gasteiger partial charge < -0.3 is 0 Å². The monoisotopic (exact) mass is 562 g/mol. The number of thiophene rings is 1. The summed E-state index contributed by atoms with van der Waals surface area (Å²) in [6.07, 6.45) is 0. The van der Waals surface area contributed by atoms with Crippen molar-refractivity contribution in [3.05, 3.63) is 54.1 Å². The molecule has 24 heavy (non-hydrogen) atoms. The van der Waals surface area contributed by atoms with Gasteiger partial charge in [0.25, 0.3) is 4.70 Å². The summed E-state index contributed by atoms with van der Waals surface area (Å²) in [4.78, 5) is 0. The first-order chi connectivity index (χ1) is 11.0. The minimum absolute atomic E-state index is 1.33. The minimum atomic E-state index is -4.40. The first-order valence-electron chi connectivity index (χ1n) is 6.90. The Morgan fingerprint density at radius 3 is 2.25 bits per heavy atom. The summed E-state index contributed by atoms with van der Waals surface area (Å²) in [5, 5.41) is 2.75. The average molecular weight is 563 g/mol. The maximum atomic E-state index is 5.06. The van der Waals surface area contributed by atoms with Crippen molar-refractivity contribution in [3.8, 4) is 0 Å². The van der Waals surface area contributed by atoms with Crippen molar-refractivity contribution in [2.75, 3.05) is 0 Å². The molecule has 0 unspecified atom stereocenters. The molecular weight excluding hydrogens is 552 g/mol. The van der Waals surface area contributed by atoms with E-state index in [0.717, 1.165) is 0 Å². The van der Waals surface area contributed by atoms with Gasteiger partial charge in [0.05, 0.1) is 10.1 Å². The molecule has 0 N–H and O–H groups in total. The van der Waals surface area contributed by atoms with Crippen molar-refractivity contribution in [1.82, 2.24) is 0 Å². The number of rotatable bonds is 0. The Balaban J connectivity index is 0.000000246. The third-order valence-electron chi connectivity index (χ3n) is 3.24. The van der Waals surface area contributed by atoms with E-state index in [9.17, 15) is 0 Å². The molecule has 0 fully saturated rings. The third-order valence-corrected chi connectivity index (χ3v) is 5.72. The van der Waals surface area contributed by atoms with Gasteiger partial charge in [-0.1, -0.05) is 23.8 Å². The van der Waals surface area contributed by atoms with E-state index >= 15 is 0 Å². The van der Waals surface area contributed by atoms with Crippen LogP contribution in [-0.4, -0.2) is 11.4 Å². The zero-order valence-corrected chi connectivity index (χ0v) is 20.6. The fourth-order valence-corrected chi connectivity index (χ4v) is 4.77. The molecule has 4 aromatic rings. The molecule has 0 radical (unpaired) electrons. The molecule has 126 valence electrons. The molecule has 2 aromatic heterocycles. The van der Waals surface area contributed by atoms with Crippen LogP contribution in [0, 0.1) is 6.92 Å². The fourth-order valence-electron chi connectivity index (χ4n) is 2.37. The summed E-state index contributed by atoms with van der Waals surface area (Å²) >= 11 is -0.602. The molecule has 0 amide bonds. The molecule has 0 saturated heterocycles. The van der Waals surface area contributed by atoms with Gasteiger partial charge in [-0.25, -0.2) is 0 Å². The Morgan fingerprint density at radius 2 is 1.54 bits per heavy atom. The quantitative estimate of drug-likeness (QED) is 0.148. The van der Waals surface area contributed by atoms with Crippen molar-refractivity contribution in [2.24, 2.45) is 0 Å². The zero-order chi connectivity index (χ0) is 17.6. The Morgan fingerprint density at radius 1 is 0.875 bits per heavy atom. The summed E-state index contributed by atoms with van der Waals surface area (Å²) < 4.78 is 5.58. The fraction of sp³-hybridized carbons (Fsp3) is 0.0625. The number of fused-ring (bicyclic) bond motifs is 4. The van der Waals surface area contributed by atoms with E-state index in [1.807, 2.05) is 22.7 Å². The van der Waals surface area contributed by atoms with Crippen LogP contribution in [0.25, 0.3) is 29.6 Å². The molecule has 0 nitrogen and oxygen atoms in total. The summed E-state index contributed by atoms with van der Waals surface area (Å²) in [7, 11) is 25.3. The van der Waals surface area contributed by atoms with Crippen molar-refractivity contribution in [3.63, 3.8) is 0 Å². The van der Waals surface area contributed by atoms with Gasteiger partial charge in [0, 0.05) is 16.2 Å². The predicted octanol–water partition coefficient (Wildman–Crippen LogP) is 8.93. The van der Waals surface area contributed by atoms with Crippen molar-refractivity contribution in [2.45, 2.75) is 6.92 Å². The molecule has 0 atom stereocenters. The molecule has 0 spiro atoms. The first-order valence-corrected chi connectivity index (χ1v) is 26.6. The molecule has 8 heteroatoms. The number of hydrogen-bond acceptors (Lipinski definition) is 1. The van der Waals surface area contributed by atoms with E-state index in [2.05, 4.69) is 55.5 Å². The van der Waals surface area contributed by atoms with E-state index in [-0.39, 0.29) is 0 Å². The molecule has 0 aliphatic carbocycles. The summed E-state index contributed by atoms with van der Waals surface area (Å²) in [5.41, 5.74) is 1.33. The summed E-state index contributed by atoms with van der Waals surface area (Å²) in [6.45, 7) is 2.15. The molecule has 2 heterocycles. The second-order valence-electron chi connectivity index (χ2n) is 5.29. The van der Waals surface area contributed by atoms with Crippen LogP contribution >= 0.6 is 67.3 Å². The topological polar surface area (TPSA) is 0 Å². The molecule has 0 aliphatic heterocycles. The number of halogens is 5. The second kappa shape index (κ2) is 7.05. The van der Waals surface area contributed by atoms with Crippen LogP contribution in [0.4, 0.5) is 0 Å². The Labute approximate surface area is 167 Å². The summed E-state index contributed by atoms with van der Waals surface area (Å²) in [6, 6.07) is 17.7. The van der Waals surface area contributed by atoms with E-state index in [0.29, 0.717) is 0 Å². The van der Waals surface area contributed by atoms with Crippen LogP contribution < -0.4 is 0 Å². The van der Waals surface area contributed by atoms with Gasteiger partial charge in [-0.3, -0.25) is 0 Å². The van der Waals surface area contributed by atoms with Crippen LogP contribution in [0.3, 0.4) is 0 Å². The molecule has 2 aromatic carbocycles. The maximum absolute atomic E-state index is 5.06.